The van der Waals surface area contributed by atoms with Crippen molar-refractivity contribution >= 4 is 22.4 Å². The third-order valence-electron chi connectivity index (χ3n) is 3.47. The fourth-order valence-corrected chi connectivity index (χ4v) is 2.81. The summed E-state index contributed by atoms with van der Waals surface area (Å²) in [5, 5.41) is 5.46. The quantitative estimate of drug-likeness (QED) is 0.908. The first-order chi connectivity index (χ1) is 9.63. The molecule has 1 saturated carbocycles. The summed E-state index contributed by atoms with van der Waals surface area (Å²) in [6.45, 7) is 2.00. The lowest BCUT2D eigenvalue weighted by molar-refractivity contribution is -0.117. The van der Waals surface area contributed by atoms with Crippen molar-refractivity contribution in [1.29, 1.82) is 0 Å². The molecule has 1 fully saturated rings. The maximum absolute atomic E-state index is 12.1. The number of carbonyl (C=O) groups is 1. The zero-order valence-corrected chi connectivity index (χ0v) is 12.1. The second kappa shape index (κ2) is 5.34. The van der Waals surface area contributed by atoms with Crippen molar-refractivity contribution in [3.05, 3.63) is 46.5 Å². The highest BCUT2D eigenvalue weighted by atomic mass is 32.1. The molecule has 0 saturated heterocycles. The molecule has 1 aromatic carbocycles. The van der Waals surface area contributed by atoms with Crippen LogP contribution in [0.2, 0.25) is 0 Å². The summed E-state index contributed by atoms with van der Waals surface area (Å²) in [5.74, 6) is 0.383. The van der Waals surface area contributed by atoms with Crippen molar-refractivity contribution < 1.29 is 4.79 Å². The van der Waals surface area contributed by atoms with Crippen LogP contribution in [-0.4, -0.2) is 10.9 Å². The van der Waals surface area contributed by atoms with Gasteiger partial charge in [0.05, 0.1) is 5.69 Å². The van der Waals surface area contributed by atoms with Crippen LogP contribution in [0, 0.1) is 6.92 Å². The van der Waals surface area contributed by atoms with Gasteiger partial charge in [-0.05, 0) is 25.3 Å². The lowest BCUT2D eigenvalue weighted by Crippen LogP contribution is -2.27. The number of amides is 1. The van der Waals surface area contributed by atoms with E-state index in [4.69, 9.17) is 5.73 Å². The van der Waals surface area contributed by atoms with Crippen molar-refractivity contribution in [2.75, 3.05) is 5.32 Å². The van der Waals surface area contributed by atoms with Crippen molar-refractivity contribution in [2.45, 2.75) is 31.7 Å². The predicted molar refractivity (Wildman–Crippen MR) is 80.8 cm³/mol. The summed E-state index contributed by atoms with van der Waals surface area (Å²) >= 11 is 1.46. The Labute approximate surface area is 122 Å². The molecule has 20 heavy (non-hydrogen) atoms. The Kier molecular flexibility index (Phi) is 3.54. The predicted octanol–water partition coefficient (Wildman–Crippen LogP) is 2.97. The number of nitrogens with one attached hydrogen (secondary N) is 1. The summed E-state index contributed by atoms with van der Waals surface area (Å²) < 4.78 is 0. The molecular formula is C15H17N3OS. The first kappa shape index (κ1) is 13.3. The number of benzene rings is 1. The number of anilines is 1. The fraction of sp³-hybridized carbons (Fsp3) is 0.333. The van der Waals surface area contributed by atoms with Crippen molar-refractivity contribution in [3.63, 3.8) is 0 Å². The van der Waals surface area contributed by atoms with Crippen LogP contribution in [0.1, 0.15) is 41.6 Å². The van der Waals surface area contributed by atoms with Gasteiger partial charge in [-0.25, -0.2) is 4.98 Å². The molecule has 0 bridgehead atoms. The molecule has 1 amide bonds. The number of aryl methyl sites for hydroxylation is 1. The van der Waals surface area contributed by atoms with Gasteiger partial charge in [-0.3, -0.25) is 4.79 Å². The van der Waals surface area contributed by atoms with Crippen LogP contribution in [0.15, 0.2) is 29.6 Å². The Balaban J connectivity index is 1.66. The largest absolute Gasteiger partial charge is 0.316 e. The van der Waals surface area contributed by atoms with Gasteiger partial charge in [-0.15, -0.1) is 11.3 Å². The second-order valence-electron chi connectivity index (χ2n) is 5.23. The lowest BCUT2D eigenvalue weighted by Gasteiger charge is -2.11. The van der Waals surface area contributed by atoms with Crippen molar-refractivity contribution in [2.24, 2.45) is 5.73 Å². The molecule has 1 aliphatic rings. The van der Waals surface area contributed by atoms with E-state index >= 15 is 0 Å². The zero-order valence-electron chi connectivity index (χ0n) is 11.3. The Morgan fingerprint density at radius 2 is 2.10 bits per heavy atom. The van der Waals surface area contributed by atoms with E-state index in [0.717, 1.165) is 16.8 Å². The number of thiazole rings is 1. The molecule has 1 aliphatic carbocycles. The maximum Gasteiger partial charge on any atom is 0.247 e. The Morgan fingerprint density at radius 3 is 2.75 bits per heavy atom. The van der Waals surface area contributed by atoms with E-state index < -0.39 is 6.04 Å². The number of nitrogens with zero attached hydrogens (tertiary/aromatic N) is 1. The van der Waals surface area contributed by atoms with Crippen LogP contribution >= 0.6 is 11.3 Å². The average Bonchev–Trinajstić information content (AvgIpc) is 3.20. The van der Waals surface area contributed by atoms with Gasteiger partial charge < -0.3 is 11.1 Å². The average molecular weight is 287 g/mol. The van der Waals surface area contributed by atoms with E-state index in [2.05, 4.69) is 10.3 Å². The van der Waals surface area contributed by atoms with Gasteiger partial charge >= 0.3 is 0 Å². The molecule has 1 heterocycles. The van der Waals surface area contributed by atoms with Crippen LogP contribution in [-0.2, 0) is 4.79 Å². The number of hydrogen-bond donors (Lipinski definition) is 2. The van der Waals surface area contributed by atoms with Gasteiger partial charge in [-0.1, -0.05) is 29.8 Å². The van der Waals surface area contributed by atoms with Gasteiger partial charge in [0.1, 0.15) is 6.04 Å². The number of nitrogens with two attached hydrogens (primary N) is 1. The Bertz CT molecular complexity index is 616. The molecule has 3 N–H and O–H groups in total. The maximum atomic E-state index is 12.1. The SMILES string of the molecule is Cc1ccc(C(N)C(=O)Nc2nc(C3CC3)cs2)cc1. The third-order valence-corrected chi connectivity index (χ3v) is 4.24. The topological polar surface area (TPSA) is 68.0 Å². The molecule has 0 spiro atoms. The molecule has 1 atom stereocenters. The van der Waals surface area contributed by atoms with Gasteiger partial charge in [0.15, 0.2) is 5.13 Å². The van der Waals surface area contributed by atoms with E-state index in [1.807, 2.05) is 36.6 Å². The van der Waals surface area contributed by atoms with Crippen LogP contribution in [0.3, 0.4) is 0 Å². The number of aromatic nitrogens is 1. The van der Waals surface area contributed by atoms with Crippen molar-refractivity contribution in [1.82, 2.24) is 4.98 Å². The van der Waals surface area contributed by atoms with E-state index in [0.29, 0.717) is 11.0 Å². The van der Waals surface area contributed by atoms with Crippen molar-refractivity contribution in [3.8, 4) is 0 Å². The molecule has 3 rings (SSSR count). The second-order valence-corrected chi connectivity index (χ2v) is 6.09. The molecule has 1 aromatic heterocycles. The van der Waals surface area contributed by atoms with Crippen LogP contribution < -0.4 is 11.1 Å². The molecular weight excluding hydrogens is 270 g/mol. The highest BCUT2D eigenvalue weighted by molar-refractivity contribution is 7.13. The van der Waals surface area contributed by atoms with Gasteiger partial charge in [0.25, 0.3) is 0 Å². The third kappa shape index (κ3) is 2.89. The molecule has 1 unspecified atom stereocenters. The molecule has 0 aliphatic heterocycles. The summed E-state index contributed by atoms with van der Waals surface area (Å²) in [6.07, 6.45) is 2.42. The van der Waals surface area contributed by atoms with Gasteiger partial charge in [-0.2, -0.15) is 0 Å². The van der Waals surface area contributed by atoms with E-state index in [-0.39, 0.29) is 5.91 Å². The molecule has 4 nitrogen and oxygen atoms in total. The monoisotopic (exact) mass is 287 g/mol. The van der Waals surface area contributed by atoms with Crippen LogP contribution in [0.5, 0.6) is 0 Å². The molecule has 0 radical (unpaired) electrons. The van der Waals surface area contributed by atoms with E-state index in [1.165, 1.54) is 24.2 Å². The standard InChI is InChI=1S/C15H17N3OS/c1-9-2-4-11(5-3-9)13(16)14(19)18-15-17-12(8-20-15)10-6-7-10/h2-5,8,10,13H,6-7,16H2,1H3,(H,17,18,19). The number of carbonyl (C=O) groups excluding carboxylic acids is 1. The molecule has 104 valence electrons. The summed E-state index contributed by atoms with van der Waals surface area (Å²) in [5.41, 5.74) is 9.03. The first-order valence-corrected chi connectivity index (χ1v) is 7.60. The minimum absolute atomic E-state index is 0.217. The van der Waals surface area contributed by atoms with Crippen LogP contribution in [0.25, 0.3) is 0 Å². The fourth-order valence-electron chi connectivity index (χ4n) is 2.02. The lowest BCUT2D eigenvalue weighted by atomic mass is 10.1. The normalized spacial score (nSPS) is 15.9. The minimum atomic E-state index is -0.663. The molecule has 5 heteroatoms. The Hall–Kier alpha value is -1.72. The van der Waals surface area contributed by atoms with Gasteiger partial charge in [0, 0.05) is 11.3 Å². The number of rotatable bonds is 4. The van der Waals surface area contributed by atoms with E-state index in [1.54, 1.807) is 0 Å². The zero-order chi connectivity index (χ0) is 14.1. The smallest absolute Gasteiger partial charge is 0.247 e. The molecule has 2 aromatic rings. The summed E-state index contributed by atoms with van der Waals surface area (Å²) in [6, 6.07) is 7.02. The highest BCUT2D eigenvalue weighted by Crippen LogP contribution is 2.40. The minimum Gasteiger partial charge on any atom is -0.316 e. The van der Waals surface area contributed by atoms with Gasteiger partial charge in [0.2, 0.25) is 5.91 Å². The highest BCUT2D eigenvalue weighted by Gasteiger charge is 2.26. The Morgan fingerprint density at radius 1 is 1.40 bits per heavy atom. The van der Waals surface area contributed by atoms with Crippen LogP contribution in [0.4, 0.5) is 5.13 Å². The van der Waals surface area contributed by atoms with E-state index in [9.17, 15) is 4.79 Å². The summed E-state index contributed by atoms with van der Waals surface area (Å²) in [7, 11) is 0. The first-order valence-electron chi connectivity index (χ1n) is 6.72. The summed E-state index contributed by atoms with van der Waals surface area (Å²) in [4.78, 5) is 16.6. The number of hydrogen-bond acceptors (Lipinski definition) is 4.